The van der Waals surface area contributed by atoms with Crippen LogP contribution in [0, 0.1) is 5.92 Å². The molecule has 3 nitrogen and oxygen atoms in total. The van der Waals surface area contributed by atoms with Crippen molar-refractivity contribution in [2.24, 2.45) is 5.92 Å². The highest BCUT2D eigenvalue weighted by Gasteiger charge is 2.16. The third-order valence-electron chi connectivity index (χ3n) is 3.38. The van der Waals surface area contributed by atoms with Crippen molar-refractivity contribution >= 4 is 21.4 Å². The van der Waals surface area contributed by atoms with E-state index in [4.69, 9.17) is 4.74 Å². The molecule has 3 heterocycles. The van der Waals surface area contributed by atoms with Crippen molar-refractivity contribution < 1.29 is 4.74 Å². The summed E-state index contributed by atoms with van der Waals surface area (Å²) < 4.78 is 8.67. The Labute approximate surface area is 109 Å². The molecule has 0 bridgehead atoms. The van der Waals surface area contributed by atoms with Crippen LogP contribution < -0.4 is 0 Å². The van der Waals surface area contributed by atoms with E-state index in [1.165, 1.54) is 5.82 Å². The van der Waals surface area contributed by atoms with Gasteiger partial charge in [-0.15, -0.1) is 0 Å². The van der Waals surface area contributed by atoms with Gasteiger partial charge in [-0.25, -0.2) is 4.98 Å². The summed E-state index contributed by atoms with van der Waals surface area (Å²) in [5.41, 5.74) is 1.15. The molecule has 0 N–H and O–H groups in total. The minimum Gasteiger partial charge on any atom is -0.381 e. The zero-order chi connectivity index (χ0) is 11.7. The lowest BCUT2D eigenvalue weighted by molar-refractivity contribution is 0.0659. The van der Waals surface area contributed by atoms with E-state index in [0.717, 1.165) is 48.4 Å². The van der Waals surface area contributed by atoms with Gasteiger partial charge in [0.05, 0.1) is 11.7 Å². The van der Waals surface area contributed by atoms with Gasteiger partial charge in [0.15, 0.2) is 0 Å². The Morgan fingerprint density at radius 3 is 3.06 bits per heavy atom. The highest BCUT2D eigenvalue weighted by Crippen LogP contribution is 2.21. The van der Waals surface area contributed by atoms with Crippen LogP contribution in [0.2, 0.25) is 0 Å². The molecule has 0 radical (unpaired) electrons. The summed E-state index contributed by atoms with van der Waals surface area (Å²) in [4.78, 5) is 4.53. The van der Waals surface area contributed by atoms with Crippen molar-refractivity contribution in [2.75, 3.05) is 13.2 Å². The first-order valence-electron chi connectivity index (χ1n) is 6.02. The fraction of sp³-hybridized carbons (Fsp3) is 0.462. The molecule has 4 heteroatoms. The van der Waals surface area contributed by atoms with Gasteiger partial charge in [0, 0.05) is 30.3 Å². The quantitative estimate of drug-likeness (QED) is 0.851. The van der Waals surface area contributed by atoms with Crippen LogP contribution in [0.1, 0.15) is 18.7 Å². The van der Waals surface area contributed by atoms with Gasteiger partial charge in [-0.05, 0) is 30.9 Å². The predicted octanol–water partition coefficient (Wildman–Crippen LogP) is 3.07. The topological polar surface area (TPSA) is 26.5 Å². The van der Waals surface area contributed by atoms with E-state index < -0.39 is 0 Å². The standard InChI is InChI=1S/C13H15BrN2O/c14-11-1-4-16-12(8-11)9-15-13(16)7-10-2-5-17-6-3-10/h1,4,8-10H,2-3,5-7H2. The zero-order valence-electron chi connectivity index (χ0n) is 9.60. The molecule has 90 valence electrons. The minimum absolute atomic E-state index is 0.720. The largest absolute Gasteiger partial charge is 0.381 e. The van der Waals surface area contributed by atoms with Crippen LogP contribution in [0.15, 0.2) is 29.0 Å². The van der Waals surface area contributed by atoms with Gasteiger partial charge in [-0.3, -0.25) is 0 Å². The SMILES string of the molecule is Brc1ccn2c(CC3CCOCC3)ncc2c1. The van der Waals surface area contributed by atoms with E-state index in [1.807, 2.05) is 6.20 Å². The monoisotopic (exact) mass is 294 g/mol. The highest BCUT2D eigenvalue weighted by molar-refractivity contribution is 9.10. The first-order chi connectivity index (χ1) is 8.33. The summed E-state index contributed by atoms with van der Waals surface area (Å²) in [7, 11) is 0. The average Bonchev–Trinajstić information content (AvgIpc) is 2.73. The van der Waals surface area contributed by atoms with Gasteiger partial charge in [-0.2, -0.15) is 0 Å². The molecule has 1 saturated heterocycles. The maximum atomic E-state index is 5.39. The lowest BCUT2D eigenvalue weighted by atomic mass is 9.96. The number of hydrogen-bond donors (Lipinski definition) is 0. The maximum Gasteiger partial charge on any atom is 0.113 e. The molecular weight excluding hydrogens is 280 g/mol. The summed E-state index contributed by atoms with van der Waals surface area (Å²) in [6.45, 7) is 1.80. The lowest BCUT2D eigenvalue weighted by Gasteiger charge is -2.21. The molecule has 0 aromatic carbocycles. The third kappa shape index (κ3) is 2.38. The fourth-order valence-electron chi connectivity index (χ4n) is 2.39. The second kappa shape index (κ2) is 4.78. The van der Waals surface area contributed by atoms with Crippen LogP contribution in [0.25, 0.3) is 5.52 Å². The Kier molecular flexibility index (Phi) is 3.16. The molecule has 0 aliphatic carbocycles. The molecule has 17 heavy (non-hydrogen) atoms. The number of pyridine rings is 1. The second-order valence-corrected chi connectivity index (χ2v) is 5.49. The third-order valence-corrected chi connectivity index (χ3v) is 3.88. The Morgan fingerprint density at radius 2 is 2.24 bits per heavy atom. The van der Waals surface area contributed by atoms with E-state index in [1.54, 1.807) is 0 Å². The van der Waals surface area contributed by atoms with Gasteiger partial charge in [0.2, 0.25) is 0 Å². The number of aromatic nitrogens is 2. The van der Waals surface area contributed by atoms with Gasteiger partial charge >= 0.3 is 0 Å². The van der Waals surface area contributed by atoms with Crippen LogP contribution >= 0.6 is 15.9 Å². The second-order valence-electron chi connectivity index (χ2n) is 4.57. The summed E-state index contributed by atoms with van der Waals surface area (Å²) in [6, 6.07) is 4.16. The van der Waals surface area contributed by atoms with E-state index in [-0.39, 0.29) is 0 Å². The molecule has 0 spiro atoms. The number of ether oxygens (including phenoxy) is 1. The van der Waals surface area contributed by atoms with E-state index in [9.17, 15) is 0 Å². The van der Waals surface area contributed by atoms with Gasteiger partial charge in [0.25, 0.3) is 0 Å². The average molecular weight is 295 g/mol. The highest BCUT2D eigenvalue weighted by atomic mass is 79.9. The Balaban J connectivity index is 1.84. The number of nitrogens with zero attached hydrogens (tertiary/aromatic N) is 2. The van der Waals surface area contributed by atoms with Crippen LogP contribution in [0.5, 0.6) is 0 Å². The molecule has 0 atom stereocenters. The van der Waals surface area contributed by atoms with Crippen molar-refractivity contribution in [3.05, 3.63) is 34.8 Å². The molecule has 0 saturated carbocycles. The Bertz CT molecular complexity index is 517. The van der Waals surface area contributed by atoms with E-state index in [0.29, 0.717) is 0 Å². The Hall–Kier alpha value is -0.870. The zero-order valence-corrected chi connectivity index (χ0v) is 11.2. The number of fused-ring (bicyclic) bond motifs is 1. The Morgan fingerprint density at radius 1 is 1.41 bits per heavy atom. The van der Waals surface area contributed by atoms with Gasteiger partial charge in [0.1, 0.15) is 5.82 Å². The first-order valence-corrected chi connectivity index (χ1v) is 6.81. The number of rotatable bonds is 2. The first kappa shape index (κ1) is 11.2. The molecule has 0 amide bonds. The summed E-state index contributed by atoms with van der Waals surface area (Å²) in [5.74, 6) is 1.89. The smallest absolute Gasteiger partial charge is 0.113 e. The van der Waals surface area contributed by atoms with Gasteiger partial charge in [-0.1, -0.05) is 15.9 Å². The van der Waals surface area contributed by atoms with E-state index >= 15 is 0 Å². The van der Waals surface area contributed by atoms with Crippen LogP contribution in [-0.2, 0) is 11.2 Å². The fourth-order valence-corrected chi connectivity index (χ4v) is 2.74. The van der Waals surface area contributed by atoms with Crippen molar-refractivity contribution in [3.63, 3.8) is 0 Å². The molecular formula is C13H15BrN2O. The minimum atomic E-state index is 0.720. The number of imidazole rings is 1. The van der Waals surface area contributed by atoms with Gasteiger partial charge < -0.3 is 9.14 Å². The lowest BCUT2D eigenvalue weighted by Crippen LogP contribution is -2.18. The molecule has 3 rings (SSSR count). The van der Waals surface area contributed by atoms with Crippen LogP contribution in [0.4, 0.5) is 0 Å². The van der Waals surface area contributed by atoms with E-state index in [2.05, 4.69) is 43.6 Å². The van der Waals surface area contributed by atoms with Crippen molar-refractivity contribution in [3.8, 4) is 0 Å². The number of halogens is 1. The normalized spacial score (nSPS) is 17.7. The maximum absolute atomic E-state index is 5.39. The molecule has 2 aromatic rings. The predicted molar refractivity (Wildman–Crippen MR) is 70.1 cm³/mol. The summed E-state index contributed by atoms with van der Waals surface area (Å²) in [6.07, 6.45) is 7.40. The van der Waals surface area contributed by atoms with Crippen molar-refractivity contribution in [2.45, 2.75) is 19.3 Å². The number of hydrogen-bond acceptors (Lipinski definition) is 2. The molecule has 1 aliphatic heterocycles. The molecule has 1 fully saturated rings. The van der Waals surface area contributed by atoms with Crippen molar-refractivity contribution in [1.82, 2.24) is 9.38 Å². The van der Waals surface area contributed by atoms with Crippen LogP contribution in [-0.4, -0.2) is 22.6 Å². The summed E-state index contributed by atoms with van der Waals surface area (Å²) in [5, 5.41) is 0. The molecule has 0 unspecified atom stereocenters. The molecule has 2 aromatic heterocycles. The van der Waals surface area contributed by atoms with Crippen molar-refractivity contribution in [1.29, 1.82) is 0 Å². The molecule has 1 aliphatic rings. The summed E-state index contributed by atoms with van der Waals surface area (Å²) >= 11 is 3.48. The van der Waals surface area contributed by atoms with Crippen LogP contribution in [0.3, 0.4) is 0 Å².